The maximum atomic E-state index is 12.1. The van der Waals surface area contributed by atoms with Crippen molar-refractivity contribution in [2.75, 3.05) is 32.6 Å². The van der Waals surface area contributed by atoms with Crippen molar-refractivity contribution in [3.8, 4) is 5.75 Å². The van der Waals surface area contributed by atoms with Gasteiger partial charge in [0.05, 0.1) is 19.7 Å². The molecule has 0 heterocycles. The lowest BCUT2D eigenvalue weighted by Crippen LogP contribution is -2.47. The molecular formula is C15H20F3N3O3. The van der Waals surface area contributed by atoms with E-state index in [1.54, 1.807) is 29.6 Å². The second-order valence-corrected chi connectivity index (χ2v) is 5.20. The van der Waals surface area contributed by atoms with Crippen LogP contribution in [0, 0.1) is 0 Å². The van der Waals surface area contributed by atoms with E-state index in [-0.39, 0.29) is 6.54 Å². The second-order valence-electron chi connectivity index (χ2n) is 5.20. The summed E-state index contributed by atoms with van der Waals surface area (Å²) in [6.45, 7) is -0.124. The second kappa shape index (κ2) is 8.53. The van der Waals surface area contributed by atoms with Crippen LogP contribution in [-0.4, -0.2) is 56.2 Å². The normalized spacial score (nSPS) is 12.6. The molecule has 0 aromatic heterocycles. The number of ether oxygens (including phenoxy) is 1. The number of hydrogen-bond donors (Lipinski definition) is 2. The van der Waals surface area contributed by atoms with E-state index >= 15 is 0 Å². The van der Waals surface area contributed by atoms with E-state index in [4.69, 9.17) is 4.74 Å². The average molecular weight is 347 g/mol. The molecule has 0 bridgehead atoms. The number of nitrogens with one attached hydrogen (secondary N) is 2. The van der Waals surface area contributed by atoms with Crippen LogP contribution < -0.4 is 15.4 Å². The number of carbonyl (C=O) groups is 2. The Labute approximate surface area is 138 Å². The van der Waals surface area contributed by atoms with Crippen molar-refractivity contribution in [3.05, 3.63) is 24.3 Å². The monoisotopic (exact) mass is 347 g/mol. The number of benzene rings is 1. The van der Waals surface area contributed by atoms with Crippen molar-refractivity contribution >= 4 is 17.5 Å². The van der Waals surface area contributed by atoms with Gasteiger partial charge in [-0.25, -0.2) is 0 Å². The van der Waals surface area contributed by atoms with E-state index in [9.17, 15) is 22.8 Å². The molecule has 1 aromatic rings. The van der Waals surface area contributed by atoms with Gasteiger partial charge in [0.2, 0.25) is 11.8 Å². The van der Waals surface area contributed by atoms with Crippen LogP contribution in [-0.2, 0) is 9.59 Å². The summed E-state index contributed by atoms with van der Waals surface area (Å²) in [6.07, 6.45) is -4.47. The van der Waals surface area contributed by atoms with Gasteiger partial charge in [-0.05, 0) is 38.2 Å². The quantitative estimate of drug-likeness (QED) is 0.787. The molecule has 0 saturated heterocycles. The fourth-order valence-corrected chi connectivity index (χ4v) is 1.77. The highest BCUT2D eigenvalue weighted by molar-refractivity contribution is 5.92. The Morgan fingerprint density at radius 2 is 1.83 bits per heavy atom. The summed E-state index contributed by atoms with van der Waals surface area (Å²) >= 11 is 0. The zero-order valence-electron chi connectivity index (χ0n) is 13.6. The van der Waals surface area contributed by atoms with Crippen LogP contribution in [0.1, 0.15) is 6.92 Å². The number of hydrogen-bond acceptors (Lipinski definition) is 4. The average Bonchev–Trinajstić information content (AvgIpc) is 2.51. The van der Waals surface area contributed by atoms with Crippen molar-refractivity contribution in [1.29, 1.82) is 0 Å². The van der Waals surface area contributed by atoms with Crippen molar-refractivity contribution in [3.63, 3.8) is 0 Å². The van der Waals surface area contributed by atoms with Gasteiger partial charge in [-0.15, -0.1) is 0 Å². The standard InChI is InChI=1S/C15H20F3N3O3/c1-10(14(23)19-9-15(16,17)18)21(2)8-13(22)20-11-4-6-12(24-3)7-5-11/h4-7,10H,8-9H2,1-3H3,(H,19,23)(H,20,22)/t10-/m1/s1. The number of anilines is 1. The van der Waals surface area contributed by atoms with Gasteiger partial charge in [0, 0.05) is 5.69 Å². The molecule has 0 aliphatic heterocycles. The van der Waals surface area contributed by atoms with Crippen molar-refractivity contribution < 1.29 is 27.5 Å². The molecule has 2 N–H and O–H groups in total. The highest BCUT2D eigenvalue weighted by Crippen LogP contribution is 2.15. The van der Waals surface area contributed by atoms with E-state index in [2.05, 4.69) is 5.32 Å². The Hall–Kier alpha value is -2.29. The van der Waals surface area contributed by atoms with Crippen molar-refractivity contribution in [2.45, 2.75) is 19.1 Å². The maximum absolute atomic E-state index is 12.1. The fourth-order valence-electron chi connectivity index (χ4n) is 1.77. The first-order chi connectivity index (χ1) is 11.1. The summed E-state index contributed by atoms with van der Waals surface area (Å²) in [5, 5.41) is 4.41. The Morgan fingerprint density at radius 1 is 1.25 bits per heavy atom. The highest BCUT2D eigenvalue weighted by Gasteiger charge is 2.29. The first-order valence-corrected chi connectivity index (χ1v) is 7.11. The summed E-state index contributed by atoms with van der Waals surface area (Å²) in [7, 11) is 3.00. The zero-order chi connectivity index (χ0) is 18.3. The smallest absolute Gasteiger partial charge is 0.405 e. The fraction of sp³-hybridized carbons (Fsp3) is 0.467. The van der Waals surface area contributed by atoms with Crippen LogP contribution in [0.3, 0.4) is 0 Å². The van der Waals surface area contributed by atoms with E-state index < -0.39 is 30.6 Å². The zero-order valence-corrected chi connectivity index (χ0v) is 13.6. The molecule has 134 valence electrons. The number of amides is 2. The molecule has 2 amide bonds. The Balaban J connectivity index is 2.48. The SMILES string of the molecule is COc1ccc(NC(=O)CN(C)[C@H](C)C(=O)NCC(F)(F)F)cc1. The van der Waals surface area contributed by atoms with Gasteiger partial charge in [-0.1, -0.05) is 0 Å². The van der Waals surface area contributed by atoms with E-state index in [0.717, 1.165) is 0 Å². The summed E-state index contributed by atoms with van der Waals surface area (Å²) in [5.41, 5.74) is 0.545. The molecule has 0 aliphatic rings. The number of methoxy groups -OCH3 is 1. The number of alkyl halides is 3. The third-order valence-corrected chi connectivity index (χ3v) is 3.27. The molecule has 1 rings (SSSR count). The van der Waals surface area contributed by atoms with Crippen molar-refractivity contribution in [1.82, 2.24) is 10.2 Å². The minimum atomic E-state index is -4.47. The largest absolute Gasteiger partial charge is 0.497 e. The van der Waals surface area contributed by atoms with E-state index in [1.807, 2.05) is 0 Å². The number of carbonyl (C=O) groups excluding carboxylic acids is 2. The predicted octanol–water partition coefficient (Wildman–Crippen LogP) is 1.63. The number of nitrogens with zero attached hydrogens (tertiary/aromatic N) is 1. The topological polar surface area (TPSA) is 70.7 Å². The van der Waals surface area contributed by atoms with Crippen molar-refractivity contribution in [2.24, 2.45) is 0 Å². The molecule has 1 atom stereocenters. The lowest BCUT2D eigenvalue weighted by Gasteiger charge is -2.23. The molecule has 6 nitrogen and oxygen atoms in total. The predicted molar refractivity (Wildman–Crippen MR) is 82.8 cm³/mol. The summed E-state index contributed by atoms with van der Waals surface area (Å²) in [4.78, 5) is 24.9. The molecule has 0 radical (unpaired) electrons. The first kappa shape index (κ1) is 19.8. The van der Waals surface area contributed by atoms with Gasteiger partial charge < -0.3 is 15.4 Å². The van der Waals surface area contributed by atoms with Crippen LogP contribution in [0.2, 0.25) is 0 Å². The van der Waals surface area contributed by atoms with Crippen LogP contribution >= 0.6 is 0 Å². The third-order valence-electron chi connectivity index (χ3n) is 3.27. The third kappa shape index (κ3) is 6.86. The molecule has 0 saturated carbocycles. The van der Waals surface area contributed by atoms with Crippen LogP contribution in [0.5, 0.6) is 5.75 Å². The van der Waals surface area contributed by atoms with Gasteiger partial charge in [0.25, 0.3) is 0 Å². The lowest BCUT2D eigenvalue weighted by atomic mass is 10.2. The molecule has 0 fully saturated rings. The molecule has 0 spiro atoms. The molecule has 0 aliphatic carbocycles. The van der Waals surface area contributed by atoms with Gasteiger partial charge in [-0.2, -0.15) is 13.2 Å². The number of rotatable bonds is 7. The van der Waals surface area contributed by atoms with E-state index in [1.165, 1.54) is 26.0 Å². The van der Waals surface area contributed by atoms with E-state index in [0.29, 0.717) is 11.4 Å². The van der Waals surface area contributed by atoms with Gasteiger partial charge in [0.1, 0.15) is 12.3 Å². The van der Waals surface area contributed by atoms with Crippen LogP contribution in [0.15, 0.2) is 24.3 Å². The highest BCUT2D eigenvalue weighted by atomic mass is 19.4. The lowest BCUT2D eigenvalue weighted by molar-refractivity contribution is -0.141. The van der Waals surface area contributed by atoms with Crippen LogP contribution in [0.25, 0.3) is 0 Å². The first-order valence-electron chi connectivity index (χ1n) is 7.11. The van der Waals surface area contributed by atoms with Gasteiger partial charge in [-0.3, -0.25) is 14.5 Å². The maximum Gasteiger partial charge on any atom is 0.405 e. The molecule has 1 aromatic carbocycles. The number of halogens is 3. The summed E-state index contributed by atoms with van der Waals surface area (Å²) < 4.78 is 41.3. The molecular weight excluding hydrogens is 327 g/mol. The van der Waals surface area contributed by atoms with Crippen LogP contribution in [0.4, 0.5) is 18.9 Å². The van der Waals surface area contributed by atoms with Gasteiger partial charge in [0.15, 0.2) is 0 Å². The molecule has 9 heteroatoms. The minimum absolute atomic E-state index is 0.146. The molecule has 0 unspecified atom stereocenters. The Kier molecular flexibility index (Phi) is 7.02. The van der Waals surface area contributed by atoms with Gasteiger partial charge >= 0.3 is 6.18 Å². The molecule has 24 heavy (non-hydrogen) atoms. The Bertz CT molecular complexity index is 561. The Morgan fingerprint density at radius 3 is 2.33 bits per heavy atom. The number of likely N-dealkylation sites (N-methyl/N-ethyl adjacent to an activating group) is 1. The minimum Gasteiger partial charge on any atom is -0.497 e. The summed E-state index contributed by atoms with van der Waals surface area (Å²) in [6, 6.07) is 5.76. The summed E-state index contributed by atoms with van der Waals surface area (Å²) in [5.74, 6) is -0.551.